The molecule has 0 aliphatic carbocycles. The topological polar surface area (TPSA) is 85.9 Å². The van der Waals surface area contributed by atoms with Gasteiger partial charge in [-0.2, -0.15) is 0 Å². The van der Waals surface area contributed by atoms with Crippen LogP contribution in [0.4, 0.5) is 4.79 Å². The van der Waals surface area contributed by atoms with Crippen molar-refractivity contribution in [3.05, 3.63) is 33.4 Å². The normalized spacial score (nSPS) is 17.3. The lowest BCUT2D eigenvalue weighted by atomic mass is 9.95. The van der Waals surface area contributed by atoms with Crippen LogP contribution in [0.3, 0.4) is 0 Å². The number of allylic oxidation sites excluding steroid dienone is 1. The highest BCUT2D eigenvalue weighted by Gasteiger charge is 2.32. The van der Waals surface area contributed by atoms with E-state index in [-0.39, 0.29) is 0 Å². The lowest BCUT2D eigenvalue weighted by Crippen LogP contribution is -2.45. The van der Waals surface area contributed by atoms with Crippen LogP contribution in [0.25, 0.3) is 0 Å². The molecule has 1 aliphatic heterocycles. The van der Waals surface area contributed by atoms with Gasteiger partial charge in [0.05, 0.1) is 37.4 Å². The summed E-state index contributed by atoms with van der Waals surface area (Å²) in [5.41, 5.74) is 1.42. The van der Waals surface area contributed by atoms with Gasteiger partial charge in [-0.05, 0) is 40.5 Å². The standard InChI is InChI=1S/C15H17BrN2O5/c1-7-11(14(19)23-4)12(18-15(20)17-7)8-5-9(16)13(22-3)10(6-8)21-2/h5-6,12H,1-4H3,(H2,17,18,20). The molecule has 1 unspecified atom stereocenters. The number of halogens is 1. The van der Waals surface area contributed by atoms with Crippen LogP contribution in [0, 0.1) is 0 Å². The SMILES string of the molecule is COC(=O)C1=C(C)NC(=O)NC1c1cc(Br)c(OC)c(OC)c1. The summed E-state index contributed by atoms with van der Waals surface area (Å²) in [6.45, 7) is 1.65. The summed E-state index contributed by atoms with van der Waals surface area (Å²) in [5, 5.41) is 5.29. The first-order valence-corrected chi connectivity index (χ1v) is 7.50. The number of amides is 2. The molecule has 2 amide bonds. The maximum absolute atomic E-state index is 12.1. The van der Waals surface area contributed by atoms with Crippen molar-refractivity contribution in [1.82, 2.24) is 10.6 Å². The molecule has 0 spiro atoms. The van der Waals surface area contributed by atoms with E-state index in [4.69, 9.17) is 14.2 Å². The number of methoxy groups -OCH3 is 3. The van der Waals surface area contributed by atoms with Crippen LogP contribution in [0.2, 0.25) is 0 Å². The van der Waals surface area contributed by atoms with Crippen LogP contribution < -0.4 is 20.1 Å². The van der Waals surface area contributed by atoms with Crippen molar-refractivity contribution in [3.8, 4) is 11.5 Å². The van der Waals surface area contributed by atoms with E-state index in [1.165, 1.54) is 21.3 Å². The fourth-order valence-electron chi connectivity index (χ4n) is 2.43. The van der Waals surface area contributed by atoms with Gasteiger partial charge in [-0.1, -0.05) is 0 Å². The first kappa shape index (κ1) is 17.1. The summed E-state index contributed by atoms with van der Waals surface area (Å²) in [6.07, 6.45) is 0. The van der Waals surface area contributed by atoms with E-state index < -0.39 is 18.0 Å². The van der Waals surface area contributed by atoms with Crippen molar-refractivity contribution < 1.29 is 23.8 Å². The number of carbonyl (C=O) groups excluding carboxylic acids is 2. The zero-order chi connectivity index (χ0) is 17.1. The van der Waals surface area contributed by atoms with Crippen molar-refractivity contribution in [3.63, 3.8) is 0 Å². The van der Waals surface area contributed by atoms with Gasteiger partial charge in [0.2, 0.25) is 0 Å². The lowest BCUT2D eigenvalue weighted by Gasteiger charge is -2.28. The molecule has 1 atom stereocenters. The Morgan fingerprint density at radius 1 is 1.22 bits per heavy atom. The number of carbonyl (C=O) groups is 2. The number of benzene rings is 1. The van der Waals surface area contributed by atoms with Crippen LogP contribution >= 0.6 is 15.9 Å². The van der Waals surface area contributed by atoms with Crippen LogP contribution in [0.5, 0.6) is 11.5 Å². The second kappa shape index (κ2) is 6.91. The average molecular weight is 385 g/mol. The summed E-state index contributed by atoms with van der Waals surface area (Å²) in [4.78, 5) is 23.9. The van der Waals surface area contributed by atoms with E-state index in [1.54, 1.807) is 19.1 Å². The fraction of sp³-hybridized carbons (Fsp3) is 0.333. The minimum atomic E-state index is -0.660. The van der Waals surface area contributed by atoms with E-state index in [0.717, 1.165) is 0 Å². The fourth-order valence-corrected chi connectivity index (χ4v) is 3.05. The minimum Gasteiger partial charge on any atom is -0.493 e. The molecule has 124 valence electrons. The molecule has 8 heteroatoms. The minimum absolute atomic E-state index is 0.325. The van der Waals surface area contributed by atoms with E-state index >= 15 is 0 Å². The molecule has 1 heterocycles. The Bertz CT molecular complexity index is 687. The number of nitrogens with one attached hydrogen (secondary N) is 2. The molecule has 0 fully saturated rings. The third kappa shape index (κ3) is 3.26. The van der Waals surface area contributed by atoms with Gasteiger partial charge < -0.3 is 24.8 Å². The molecule has 1 aromatic carbocycles. The van der Waals surface area contributed by atoms with Crippen LogP contribution in [0.15, 0.2) is 27.9 Å². The zero-order valence-electron chi connectivity index (χ0n) is 13.2. The monoisotopic (exact) mass is 384 g/mol. The molecule has 0 radical (unpaired) electrons. The highest BCUT2D eigenvalue weighted by molar-refractivity contribution is 9.10. The maximum Gasteiger partial charge on any atom is 0.337 e. The Balaban J connectivity index is 2.58. The predicted molar refractivity (Wildman–Crippen MR) is 86.4 cm³/mol. The molecule has 2 rings (SSSR count). The van der Waals surface area contributed by atoms with E-state index in [0.29, 0.717) is 32.8 Å². The Morgan fingerprint density at radius 3 is 2.48 bits per heavy atom. The van der Waals surface area contributed by atoms with E-state index in [2.05, 4.69) is 26.6 Å². The van der Waals surface area contributed by atoms with Gasteiger partial charge in [-0.15, -0.1) is 0 Å². The molecule has 0 aromatic heterocycles. The van der Waals surface area contributed by atoms with Gasteiger partial charge in [-0.3, -0.25) is 0 Å². The molecular weight excluding hydrogens is 368 g/mol. The second-order valence-electron chi connectivity index (χ2n) is 4.80. The van der Waals surface area contributed by atoms with Crippen molar-refractivity contribution in [1.29, 1.82) is 0 Å². The largest absolute Gasteiger partial charge is 0.493 e. The molecule has 7 nitrogen and oxygen atoms in total. The summed E-state index contributed by atoms with van der Waals surface area (Å²) >= 11 is 3.40. The van der Waals surface area contributed by atoms with Gasteiger partial charge in [0.15, 0.2) is 11.5 Å². The summed E-state index contributed by atoms with van der Waals surface area (Å²) in [5.74, 6) is 0.481. The zero-order valence-corrected chi connectivity index (χ0v) is 14.7. The summed E-state index contributed by atoms with van der Waals surface area (Å²) < 4.78 is 16.0. The van der Waals surface area contributed by atoms with Gasteiger partial charge >= 0.3 is 12.0 Å². The van der Waals surface area contributed by atoms with Crippen LogP contribution in [-0.4, -0.2) is 33.3 Å². The maximum atomic E-state index is 12.1. The smallest absolute Gasteiger partial charge is 0.337 e. The number of esters is 1. The Morgan fingerprint density at radius 2 is 1.91 bits per heavy atom. The molecule has 1 aromatic rings. The van der Waals surface area contributed by atoms with Crippen LogP contribution in [0.1, 0.15) is 18.5 Å². The number of ether oxygens (including phenoxy) is 3. The lowest BCUT2D eigenvalue weighted by molar-refractivity contribution is -0.136. The van der Waals surface area contributed by atoms with Crippen molar-refractivity contribution >= 4 is 27.9 Å². The first-order valence-electron chi connectivity index (χ1n) is 6.71. The summed E-state index contributed by atoms with van der Waals surface area (Å²) in [6, 6.07) is 2.41. The quantitative estimate of drug-likeness (QED) is 0.777. The number of rotatable bonds is 4. The van der Waals surface area contributed by atoms with Crippen LogP contribution in [-0.2, 0) is 9.53 Å². The van der Waals surface area contributed by atoms with Gasteiger partial charge in [0.1, 0.15) is 0 Å². The predicted octanol–water partition coefficient (Wildman–Crippen LogP) is 2.27. The molecule has 23 heavy (non-hydrogen) atoms. The van der Waals surface area contributed by atoms with Gasteiger partial charge in [0, 0.05) is 5.70 Å². The third-order valence-corrected chi connectivity index (χ3v) is 4.05. The van der Waals surface area contributed by atoms with E-state index in [9.17, 15) is 9.59 Å². The second-order valence-corrected chi connectivity index (χ2v) is 5.65. The highest BCUT2D eigenvalue weighted by atomic mass is 79.9. The van der Waals surface area contributed by atoms with Crippen molar-refractivity contribution in [2.24, 2.45) is 0 Å². The number of hydrogen-bond donors (Lipinski definition) is 2. The average Bonchev–Trinajstić information content (AvgIpc) is 2.52. The van der Waals surface area contributed by atoms with E-state index in [1.807, 2.05) is 0 Å². The molecule has 0 saturated carbocycles. The van der Waals surface area contributed by atoms with Gasteiger partial charge in [0.25, 0.3) is 0 Å². The highest BCUT2D eigenvalue weighted by Crippen LogP contribution is 2.39. The third-order valence-electron chi connectivity index (χ3n) is 3.46. The molecule has 0 bridgehead atoms. The van der Waals surface area contributed by atoms with Gasteiger partial charge in [-0.25, -0.2) is 9.59 Å². The first-order chi connectivity index (χ1) is 10.9. The van der Waals surface area contributed by atoms with Crippen molar-refractivity contribution in [2.45, 2.75) is 13.0 Å². The molecular formula is C15H17BrN2O5. The Kier molecular flexibility index (Phi) is 5.15. The number of urea groups is 1. The van der Waals surface area contributed by atoms with Crippen molar-refractivity contribution in [2.75, 3.05) is 21.3 Å². The Hall–Kier alpha value is -2.22. The summed E-state index contributed by atoms with van der Waals surface area (Å²) in [7, 11) is 4.33. The Labute approximate surface area is 142 Å². The number of hydrogen-bond acceptors (Lipinski definition) is 5. The molecule has 0 saturated heterocycles. The molecule has 2 N–H and O–H groups in total. The molecule has 1 aliphatic rings.